The van der Waals surface area contributed by atoms with E-state index in [2.05, 4.69) is 5.32 Å². The van der Waals surface area contributed by atoms with E-state index in [-0.39, 0.29) is 29.9 Å². The van der Waals surface area contributed by atoms with E-state index in [1.165, 1.54) is 24.4 Å². The van der Waals surface area contributed by atoms with Gasteiger partial charge >= 0.3 is 0 Å². The molecule has 152 valence electrons. The Balaban J connectivity index is 1.62. The summed E-state index contributed by atoms with van der Waals surface area (Å²) < 4.78 is 34.1. The smallest absolute Gasteiger partial charge is 0.288 e. The van der Waals surface area contributed by atoms with Gasteiger partial charge in [0.15, 0.2) is 11.6 Å². The Morgan fingerprint density at radius 2 is 1.86 bits per heavy atom. The van der Waals surface area contributed by atoms with Crippen molar-refractivity contribution in [2.45, 2.75) is 44.4 Å². The van der Waals surface area contributed by atoms with Gasteiger partial charge in [0.25, 0.3) is 5.91 Å². The number of para-hydroxylation sites is 1. The van der Waals surface area contributed by atoms with Crippen LogP contribution in [0.2, 0.25) is 0 Å². The Morgan fingerprint density at radius 1 is 1.10 bits per heavy atom. The summed E-state index contributed by atoms with van der Waals surface area (Å²) >= 11 is 0. The Kier molecular flexibility index (Phi) is 5.49. The lowest BCUT2D eigenvalue weighted by molar-refractivity contribution is -0.121. The summed E-state index contributed by atoms with van der Waals surface area (Å²) in [5.74, 6) is -1.72. The van der Waals surface area contributed by atoms with Crippen molar-refractivity contribution in [2.75, 3.05) is 4.90 Å². The minimum Gasteiger partial charge on any atom is -0.445 e. The van der Waals surface area contributed by atoms with Gasteiger partial charge in [0, 0.05) is 5.56 Å². The minimum absolute atomic E-state index is 0.0827. The highest BCUT2D eigenvalue weighted by Crippen LogP contribution is 2.37. The second-order valence-electron chi connectivity index (χ2n) is 7.33. The van der Waals surface area contributed by atoms with E-state index in [0.29, 0.717) is 24.1 Å². The molecule has 1 heterocycles. The van der Waals surface area contributed by atoms with Crippen LogP contribution in [0.4, 0.5) is 14.5 Å². The summed E-state index contributed by atoms with van der Waals surface area (Å²) in [5, 5.41) is 12.9. The third-order valence-corrected chi connectivity index (χ3v) is 5.31. The number of nitrogens with one attached hydrogen (secondary N) is 1. The number of amides is 1. The van der Waals surface area contributed by atoms with Crippen LogP contribution in [0, 0.1) is 11.6 Å². The molecular weight excluding hydrogens is 378 g/mol. The summed E-state index contributed by atoms with van der Waals surface area (Å²) in [5.41, 5.74) is 0.811. The van der Waals surface area contributed by atoms with E-state index in [1.54, 1.807) is 29.2 Å². The second kappa shape index (κ2) is 8.21. The summed E-state index contributed by atoms with van der Waals surface area (Å²) in [7, 11) is 0. The molecule has 0 spiro atoms. The first-order valence-electron chi connectivity index (χ1n) is 9.70. The highest BCUT2D eigenvalue weighted by atomic mass is 19.1. The number of rotatable bonds is 4. The fraction of sp³-hybridized carbons (Fsp3) is 0.318. The predicted octanol–water partition coefficient (Wildman–Crippen LogP) is 3.62. The lowest BCUT2D eigenvalue weighted by atomic mass is 9.92. The molecule has 1 aliphatic carbocycles. The molecule has 1 amide bonds. The van der Waals surface area contributed by atoms with Crippen molar-refractivity contribution in [3.05, 3.63) is 71.6 Å². The fourth-order valence-electron chi connectivity index (χ4n) is 3.74. The van der Waals surface area contributed by atoms with E-state index in [0.717, 1.165) is 12.8 Å². The van der Waals surface area contributed by atoms with Crippen LogP contribution in [0.1, 0.15) is 31.2 Å². The van der Waals surface area contributed by atoms with E-state index in [9.17, 15) is 18.7 Å². The van der Waals surface area contributed by atoms with Crippen molar-refractivity contribution in [3.8, 4) is 5.75 Å². The summed E-state index contributed by atoms with van der Waals surface area (Å²) in [6.45, 7) is 0.106. The zero-order valence-corrected chi connectivity index (χ0v) is 15.8. The zero-order chi connectivity index (χ0) is 20.4. The van der Waals surface area contributed by atoms with Gasteiger partial charge < -0.3 is 20.1 Å². The number of benzene rings is 2. The molecule has 1 aliphatic heterocycles. The number of anilines is 1. The Bertz CT molecular complexity index is 947. The fourth-order valence-corrected chi connectivity index (χ4v) is 3.74. The maximum atomic E-state index is 14.4. The van der Waals surface area contributed by atoms with Gasteiger partial charge in [0.05, 0.1) is 30.6 Å². The van der Waals surface area contributed by atoms with E-state index in [4.69, 9.17) is 4.74 Å². The average Bonchev–Trinajstić information content (AvgIpc) is 2.72. The number of fused-ring (bicyclic) bond motifs is 1. The van der Waals surface area contributed by atoms with E-state index >= 15 is 0 Å². The van der Waals surface area contributed by atoms with E-state index in [1.807, 2.05) is 0 Å². The SMILES string of the molecule is O=C(N[C@H]1CCCC[C@@H]1O)C1=CN(Cc2ccccc2F)c2cccc(F)c2O1. The second-order valence-corrected chi connectivity index (χ2v) is 7.33. The van der Waals surface area contributed by atoms with Crippen molar-refractivity contribution in [1.29, 1.82) is 0 Å². The standard InChI is InChI=1S/C22H22F2N2O3/c23-15-7-2-1-6-14(15)12-26-13-20(29-21-16(24)8-5-10-18(21)26)22(28)25-17-9-3-4-11-19(17)27/h1-2,5-8,10,13,17,19,27H,3-4,9,11-12H2,(H,25,28)/t17-,19-/m0/s1. The molecule has 4 rings (SSSR count). The number of hydrogen-bond acceptors (Lipinski definition) is 4. The number of aliphatic hydroxyl groups excluding tert-OH is 1. The molecule has 1 fully saturated rings. The Hall–Kier alpha value is -2.93. The van der Waals surface area contributed by atoms with Crippen LogP contribution in [0.3, 0.4) is 0 Å². The molecule has 2 N–H and O–H groups in total. The van der Waals surface area contributed by atoms with Gasteiger partial charge in [-0.25, -0.2) is 8.78 Å². The van der Waals surface area contributed by atoms with Gasteiger partial charge in [-0.2, -0.15) is 0 Å². The van der Waals surface area contributed by atoms with Crippen molar-refractivity contribution < 1.29 is 23.4 Å². The van der Waals surface area contributed by atoms with Gasteiger partial charge in [-0.3, -0.25) is 4.79 Å². The largest absolute Gasteiger partial charge is 0.445 e. The normalized spacial score (nSPS) is 21.1. The van der Waals surface area contributed by atoms with Gasteiger partial charge in [-0.15, -0.1) is 0 Å². The summed E-state index contributed by atoms with van der Waals surface area (Å²) in [4.78, 5) is 14.3. The monoisotopic (exact) mass is 400 g/mol. The van der Waals surface area contributed by atoms with Gasteiger partial charge in [-0.05, 0) is 31.0 Å². The maximum absolute atomic E-state index is 14.4. The third kappa shape index (κ3) is 4.10. The molecule has 2 atom stereocenters. The lowest BCUT2D eigenvalue weighted by Crippen LogP contribution is -2.46. The lowest BCUT2D eigenvalue weighted by Gasteiger charge is -2.31. The molecule has 0 saturated heterocycles. The highest BCUT2D eigenvalue weighted by Gasteiger charge is 2.30. The summed E-state index contributed by atoms with van der Waals surface area (Å²) in [6, 6.07) is 10.3. The first-order valence-corrected chi connectivity index (χ1v) is 9.70. The number of carbonyl (C=O) groups excluding carboxylic acids is 1. The van der Waals surface area contributed by atoms with Crippen molar-refractivity contribution >= 4 is 11.6 Å². The van der Waals surface area contributed by atoms with Crippen molar-refractivity contribution in [1.82, 2.24) is 5.32 Å². The van der Waals surface area contributed by atoms with Crippen LogP contribution in [0.5, 0.6) is 5.75 Å². The van der Waals surface area contributed by atoms with Gasteiger partial charge in [-0.1, -0.05) is 37.1 Å². The molecule has 1 saturated carbocycles. The number of nitrogens with zero attached hydrogens (tertiary/aromatic N) is 1. The van der Waals surface area contributed by atoms with Gasteiger partial charge in [0.1, 0.15) is 5.82 Å². The van der Waals surface area contributed by atoms with E-state index < -0.39 is 17.8 Å². The minimum atomic E-state index is -0.615. The molecule has 2 aliphatic rings. The maximum Gasteiger partial charge on any atom is 0.288 e. The Labute approximate surface area is 167 Å². The number of ether oxygens (including phenoxy) is 1. The van der Waals surface area contributed by atoms with Crippen LogP contribution in [0.25, 0.3) is 0 Å². The molecule has 0 unspecified atom stereocenters. The first-order chi connectivity index (χ1) is 14.0. The first kappa shape index (κ1) is 19.4. The zero-order valence-electron chi connectivity index (χ0n) is 15.8. The molecule has 2 aromatic rings. The molecule has 5 nitrogen and oxygen atoms in total. The van der Waals surface area contributed by atoms with Crippen LogP contribution in [0.15, 0.2) is 54.4 Å². The topological polar surface area (TPSA) is 61.8 Å². The molecule has 0 radical (unpaired) electrons. The van der Waals surface area contributed by atoms with Gasteiger partial charge in [0.2, 0.25) is 5.76 Å². The number of halogens is 2. The number of carbonyl (C=O) groups is 1. The average molecular weight is 400 g/mol. The molecule has 29 heavy (non-hydrogen) atoms. The predicted molar refractivity (Wildman–Crippen MR) is 104 cm³/mol. The van der Waals surface area contributed by atoms with Crippen LogP contribution in [-0.4, -0.2) is 23.2 Å². The number of hydrogen-bond donors (Lipinski definition) is 2. The van der Waals surface area contributed by atoms with Crippen molar-refractivity contribution in [3.63, 3.8) is 0 Å². The van der Waals surface area contributed by atoms with Crippen LogP contribution in [-0.2, 0) is 11.3 Å². The van der Waals surface area contributed by atoms with Crippen molar-refractivity contribution in [2.24, 2.45) is 0 Å². The molecule has 2 aromatic carbocycles. The summed E-state index contributed by atoms with van der Waals surface area (Å²) in [6.07, 6.45) is 3.96. The highest BCUT2D eigenvalue weighted by molar-refractivity contribution is 5.93. The Morgan fingerprint density at radius 3 is 2.66 bits per heavy atom. The number of aliphatic hydroxyl groups is 1. The van der Waals surface area contributed by atoms with Crippen LogP contribution < -0.4 is 15.0 Å². The molecular formula is C22H22F2N2O3. The molecule has 0 bridgehead atoms. The molecule has 0 aromatic heterocycles. The quantitative estimate of drug-likeness (QED) is 0.823. The van der Waals surface area contributed by atoms with Crippen LogP contribution >= 0.6 is 0 Å². The molecule has 7 heteroatoms. The third-order valence-electron chi connectivity index (χ3n) is 5.31.